The van der Waals surface area contributed by atoms with Crippen molar-refractivity contribution in [2.75, 3.05) is 6.61 Å². The highest BCUT2D eigenvalue weighted by atomic mass is 16.6. The number of hydrogen-bond donors (Lipinski definition) is 0. The number of fused-ring (bicyclic) bond motifs is 2. The zero-order valence-corrected chi connectivity index (χ0v) is 10.3. The lowest BCUT2D eigenvalue weighted by Gasteiger charge is -2.23. The van der Waals surface area contributed by atoms with Gasteiger partial charge in [-0.25, -0.2) is 0 Å². The van der Waals surface area contributed by atoms with E-state index < -0.39 is 0 Å². The normalized spacial score (nSPS) is 37.7. The zero-order chi connectivity index (χ0) is 12.5. The van der Waals surface area contributed by atoms with Gasteiger partial charge in [0.05, 0.1) is 5.92 Å². The van der Waals surface area contributed by atoms with Crippen molar-refractivity contribution in [1.29, 1.82) is 0 Å². The molecule has 4 heteroatoms. The molecule has 4 nitrogen and oxygen atoms in total. The van der Waals surface area contributed by atoms with E-state index in [1.54, 1.807) is 0 Å². The highest BCUT2D eigenvalue weighted by molar-refractivity contribution is 5.74. The summed E-state index contributed by atoms with van der Waals surface area (Å²) in [6, 6.07) is 0. The molecule has 2 fully saturated rings. The molecule has 1 saturated heterocycles. The van der Waals surface area contributed by atoms with Gasteiger partial charge >= 0.3 is 11.9 Å². The second-order valence-corrected chi connectivity index (χ2v) is 5.52. The van der Waals surface area contributed by atoms with Crippen LogP contribution in [0.4, 0.5) is 0 Å². The van der Waals surface area contributed by atoms with E-state index in [1.165, 1.54) is 0 Å². The number of rotatable bonds is 3. The fourth-order valence-electron chi connectivity index (χ4n) is 3.23. The van der Waals surface area contributed by atoms with E-state index in [2.05, 4.69) is 12.2 Å². The second kappa shape index (κ2) is 4.75. The van der Waals surface area contributed by atoms with Gasteiger partial charge in [0.25, 0.3) is 0 Å². The van der Waals surface area contributed by atoms with E-state index in [0.29, 0.717) is 18.3 Å². The summed E-state index contributed by atoms with van der Waals surface area (Å²) < 4.78 is 10.4. The first-order chi connectivity index (χ1) is 8.72. The summed E-state index contributed by atoms with van der Waals surface area (Å²) in [5.74, 6) is 0.675. The molecule has 2 bridgehead atoms. The summed E-state index contributed by atoms with van der Waals surface area (Å²) in [6.45, 7) is 0.224. The van der Waals surface area contributed by atoms with Crippen LogP contribution in [0.2, 0.25) is 0 Å². The van der Waals surface area contributed by atoms with Crippen LogP contribution in [0.3, 0.4) is 0 Å². The lowest BCUT2D eigenvalue weighted by atomic mass is 9.94. The second-order valence-electron chi connectivity index (χ2n) is 5.52. The Kier molecular flexibility index (Phi) is 3.10. The molecule has 0 aromatic carbocycles. The molecule has 18 heavy (non-hydrogen) atoms. The van der Waals surface area contributed by atoms with Crippen molar-refractivity contribution in [3.8, 4) is 0 Å². The number of carbonyl (C=O) groups excluding carboxylic acids is 2. The van der Waals surface area contributed by atoms with Crippen LogP contribution in [0, 0.1) is 17.8 Å². The van der Waals surface area contributed by atoms with E-state index in [1.807, 2.05) is 0 Å². The molecule has 1 saturated carbocycles. The molecule has 0 N–H and O–H groups in total. The van der Waals surface area contributed by atoms with Gasteiger partial charge in [-0.15, -0.1) is 0 Å². The van der Waals surface area contributed by atoms with Crippen molar-refractivity contribution in [3.63, 3.8) is 0 Å². The molecule has 1 aliphatic heterocycles. The maximum absolute atomic E-state index is 12.0. The summed E-state index contributed by atoms with van der Waals surface area (Å²) in [5, 5.41) is 0. The fourth-order valence-corrected chi connectivity index (χ4v) is 3.23. The van der Waals surface area contributed by atoms with Crippen molar-refractivity contribution in [2.24, 2.45) is 17.8 Å². The number of hydrogen-bond acceptors (Lipinski definition) is 4. The third-order valence-corrected chi connectivity index (χ3v) is 4.20. The molecule has 0 spiro atoms. The summed E-state index contributed by atoms with van der Waals surface area (Å²) >= 11 is 0. The summed E-state index contributed by atoms with van der Waals surface area (Å²) in [6.07, 6.45) is 8.25. The average Bonchev–Trinajstić information content (AvgIpc) is 2.98. The molecule has 1 heterocycles. The molecular weight excluding hydrogens is 232 g/mol. The minimum absolute atomic E-state index is 0.0271. The van der Waals surface area contributed by atoms with Gasteiger partial charge in [-0.1, -0.05) is 12.2 Å². The average molecular weight is 250 g/mol. The third-order valence-electron chi connectivity index (χ3n) is 4.20. The largest absolute Gasteiger partial charge is 0.462 e. The van der Waals surface area contributed by atoms with Crippen molar-refractivity contribution in [3.05, 3.63) is 12.2 Å². The zero-order valence-electron chi connectivity index (χ0n) is 10.3. The van der Waals surface area contributed by atoms with Crippen molar-refractivity contribution < 1.29 is 19.1 Å². The van der Waals surface area contributed by atoms with Gasteiger partial charge in [-0.3, -0.25) is 9.59 Å². The summed E-state index contributed by atoms with van der Waals surface area (Å²) in [5.41, 5.74) is 0. The highest BCUT2D eigenvalue weighted by Gasteiger charge is 2.41. The Morgan fingerprint density at radius 1 is 1.39 bits per heavy atom. The third kappa shape index (κ3) is 2.28. The maximum atomic E-state index is 12.0. The van der Waals surface area contributed by atoms with Crippen LogP contribution >= 0.6 is 0 Å². The predicted octanol–water partition coefficient (Wildman–Crippen LogP) is 1.84. The van der Waals surface area contributed by atoms with Gasteiger partial charge in [0.1, 0.15) is 12.7 Å². The Hall–Kier alpha value is -1.32. The van der Waals surface area contributed by atoms with E-state index in [4.69, 9.17) is 9.47 Å². The standard InChI is InChI=1S/C14H18O4/c15-13-3-1-2-11(18-13)8-17-14(16)12-7-9-4-5-10(12)6-9/h4-5,9-12H,1-3,6-8H2. The van der Waals surface area contributed by atoms with Crippen LogP contribution in [-0.2, 0) is 19.1 Å². The summed E-state index contributed by atoms with van der Waals surface area (Å²) in [7, 11) is 0. The Labute approximate surface area is 106 Å². The first-order valence-electron chi connectivity index (χ1n) is 6.77. The number of ether oxygens (including phenoxy) is 2. The quantitative estimate of drug-likeness (QED) is 0.566. The SMILES string of the molecule is O=C1CCCC(COC(=O)C2CC3C=CC2C3)O1. The minimum Gasteiger partial charge on any atom is -0.462 e. The van der Waals surface area contributed by atoms with Crippen LogP contribution in [0.25, 0.3) is 0 Å². The van der Waals surface area contributed by atoms with E-state index in [9.17, 15) is 9.59 Å². The van der Waals surface area contributed by atoms with Crippen molar-refractivity contribution in [1.82, 2.24) is 0 Å². The van der Waals surface area contributed by atoms with Crippen LogP contribution in [0.5, 0.6) is 0 Å². The number of allylic oxidation sites excluding steroid dienone is 2. The van der Waals surface area contributed by atoms with E-state index in [0.717, 1.165) is 25.7 Å². The van der Waals surface area contributed by atoms with Gasteiger partial charge in [0.2, 0.25) is 0 Å². The number of carbonyl (C=O) groups is 2. The Morgan fingerprint density at radius 3 is 2.94 bits per heavy atom. The Morgan fingerprint density at radius 2 is 2.28 bits per heavy atom. The molecular formula is C14H18O4. The van der Waals surface area contributed by atoms with Crippen LogP contribution in [0.15, 0.2) is 12.2 Å². The molecule has 98 valence electrons. The molecule has 3 aliphatic rings. The topological polar surface area (TPSA) is 52.6 Å². The summed E-state index contributed by atoms with van der Waals surface area (Å²) in [4.78, 5) is 23.1. The fraction of sp³-hybridized carbons (Fsp3) is 0.714. The molecule has 0 aromatic rings. The molecule has 2 aliphatic carbocycles. The van der Waals surface area contributed by atoms with Crippen LogP contribution in [-0.4, -0.2) is 24.6 Å². The molecule has 0 aromatic heterocycles. The van der Waals surface area contributed by atoms with Crippen molar-refractivity contribution >= 4 is 11.9 Å². The Balaban J connectivity index is 1.47. The van der Waals surface area contributed by atoms with Gasteiger partial charge < -0.3 is 9.47 Å². The predicted molar refractivity (Wildman–Crippen MR) is 63.5 cm³/mol. The van der Waals surface area contributed by atoms with Gasteiger partial charge in [0.15, 0.2) is 0 Å². The number of cyclic esters (lactones) is 1. The first kappa shape index (κ1) is 11.8. The minimum atomic E-state index is -0.232. The lowest BCUT2D eigenvalue weighted by molar-refractivity contribution is -0.165. The van der Waals surface area contributed by atoms with Crippen LogP contribution in [0.1, 0.15) is 32.1 Å². The van der Waals surface area contributed by atoms with Gasteiger partial charge in [-0.05, 0) is 37.5 Å². The molecule has 3 rings (SSSR count). The molecule has 4 atom stereocenters. The van der Waals surface area contributed by atoms with E-state index in [-0.39, 0.29) is 30.6 Å². The van der Waals surface area contributed by atoms with Crippen molar-refractivity contribution in [2.45, 2.75) is 38.2 Å². The highest BCUT2D eigenvalue weighted by Crippen LogP contribution is 2.43. The van der Waals surface area contributed by atoms with Gasteiger partial charge in [-0.2, -0.15) is 0 Å². The van der Waals surface area contributed by atoms with Gasteiger partial charge in [0, 0.05) is 6.42 Å². The lowest BCUT2D eigenvalue weighted by Crippen LogP contribution is -2.31. The first-order valence-corrected chi connectivity index (χ1v) is 6.77. The number of esters is 2. The smallest absolute Gasteiger partial charge is 0.309 e. The van der Waals surface area contributed by atoms with Crippen LogP contribution < -0.4 is 0 Å². The maximum Gasteiger partial charge on any atom is 0.309 e. The van der Waals surface area contributed by atoms with E-state index >= 15 is 0 Å². The Bertz CT molecular complexity index is 387. The monoisotopic (exact) mass is 250 g/mol. The molecule has 0 amide bonds. The molecule has 4 unspecified atom stereocenters. The molecule has 0 radical (unpaired) electrons.